The van der Waals surface area contributed by atoms with Gasteiger partial charge in [0, 0.05) is 13.1 Å². The lowest BCUT2D eigenvalue weighted by Gasteiger charge is -2.35. The second-order valence-corrected chi connectivity index (χ2v) is 8.46. The molecule has 25 heavy (non-hydrogen) atoms. The summed E-state index contributed by atoms with van der Waals surface area (Å²) in [4.78, 5) is 5.48. The zero-order valence-electron chi connectivity index (χ0n) is 13.3. The molecule has 0 bridgehead atoms. The van der Waals surface area contributed by atoms with Crippen LogP contribution in [0.2, 0.25) is 0 Å². The zero-order valence-corrected chi connectivity index (χ0v) is 15.0. The summed E-state index contributed by atoms with van der Waals surface area (Å²) in [6.45, 7) is 0.624. The van der Waals surface area contributed by atoms with E-state index >= 15 is 0 Å². The summed E-state index contributed by atoms with van der Waals surface area (Å²) in [6, 6.07) is 10.4. The Morgan fingerprint density at radius 3 is 2.76 bits per heavy atom. The van der Waals surface area contributed by atoms with Gasteiger partial charge >= 0.3 is 0 Å². The highest BCUT2D eigenvalue weighted by atomic mass is 32.2. The molecule has 130 valence electrons. The van der Waals surface area contributed by atoms with E-state index in [-0.39, 0.29) is 10.8 Å². The summed E-state index contributed by atoms with van der Waals surface area (Å²) in [5, 5.41) is 5.91. The number of hydrogen-bond acceptors (Lipinski definition) is 7. The first-order valence-corrected chi connectivity index (χ1v) is 9.92. The van der Waals surface area contributed by atoms with E-state index in [2.05, 4.69) is 10.1 Å². The molecule has 0 spiro atoms. The molecular formula is C16H15N3O4S2. The molecule has 2 aromatic heterocycles. The van der Waals surface area contributed by atoms with Gasteiger partial charge in [-0.1, -0.05) is 23.4 Å². The van der Waals surface area contributed by atoms with Crippen molar-refractivity contribution >= 4 is 21.4 Å². The molecule has 0 atom stereocenters. The highest BCUT2D eigenvalue weighted by molar-refractivity contribution is 7.89. The fourth-order valence-corrected chi connectivity index (χ4v) is 5.00. The molecule has 1 aliphatic rings. The summed E-state index contributed by atoms with van der Waals surface area (Å²) < 4.78 is 37.3. The predicted octanol–water partition coefficient (Wildman–Crippen LogP) is 2.59. The molecule has 0 unspecified atom stereocenters. The standard InChI is InChI=1S/C16H15N3O4S2/c1-22-12-5-2-3-7-14(12)25(20,21)19-9-11(10-19)16-17-15(18-23-16)13-6-4-8-24-13/h2-8,11H,9-10H2,1H3. The molecule has 3 aromatic rings. The van der Waals surface area contributed by atoms with Crippen LogP contribution in [0.3, 0.4) is 0 Å². The van der Waals surface area contributed by atoms with Crippen LogP contribution in [0.25, 0.3) is 10.7 Å². The van der Waals surface area contributed by atoms with Crippen molar-refractivity contribution in [2.45, 2.75) is 10.8 Å². The summed E-state index contributed by atoms with van der Waals surface area (Å²) in [6.07, 6.45) is 0. The van der Waals surface area contributed by atoms with Crippen molar-refractivity contribution in [1.82, 2.24) is 14.4 Å². The lowest BCUT2D eigenvalue weighted by Crippen LogP contribution is -2.48. The van der Waals surface area contributed by atoms with Crippen molar-refractivity contribution in [3.8, 4) is 16.5 Å². The Morgan fingerprint density at radius 1 is 1.24 bits per heavy atom. The van der Waals surface area contributed by atoms with Gasteiger partial charge in [0.1, 0.15) is 10.6 Å². The van der Waals surface area contributed by atoms with Gasteiger partial charge in [0.05, 0.1) is 17.9 Å². The Balaban J connectivity index is 1.50. The van der Waals surface area contributed by atoms with Gasteiger partial charge in [0.25, 0.3) is 0 Å². The van der Waals surface area contributed by atoms with Crippen molar-refractivity contribution in [2.75, 3.05) is 20.2 Å². The second kappa shape index (κ2) is 6.25. The minimum absolute atomic E-state index is 0.0919. The third-order valence-electron chi connectivity index (χ3n) is 4.07. The maximum Gasteiger partial charge on any atom is 0.246 e. The largest absolute Gasteiger partial charge is 0.495 e. The lowest BCUT2D eigenvalue weighted by molar-refractivity contribution is 0.216. The van der Waals surface area contributed by atoms with Crippen LogP contribution >= 0.6 is 11.3 Å². The van der Waals surface area contributed by atoms with Gasteiger partial charge in [-0.3, -0.25) is 0 Å². The van der Waals surface area contributed by atoms with Gasteiger partial charge in [0.2, 0.25) is 21.7 Å². The second-order valence-electron chi connectivity index (χ2n) is 5.60. The fraction of sp³-hybridized carbons (Fsp3) is 0.250. The molecule has 0 aliphatic carbocycles. The number of benzene rings is 1. The van der Waals surface area contributed by atoms with E-state index < -0.39 is 10.0 Å². The predicted molar refractivity (Wildman–Crippen MR) is 92.1 cm³/mol. The summed E-state index contributed by atoms with van der Waals surface area (Å²) in [5.74, 6) is 1.25. The van der Waals surface area contributed by atoms with E-state index in [9.17, 15) is 8.42 Å². The summed E-state index contributed by atoms with van der Waals surface area (Å²) in [7, 11) is -2.15. The van der Waals surface area contributed by atoms with Crippen LogP contribution in [0.4, 0.5) is 0 Å². The number of hydrogen-bond donors (Lipinski definition) is 0. The minimum atomic E-state index is -3.60. The van der Waals surface area contributed by atoms with Crippen LogP contribution in [-0.2, 0) is 10.0 Å². The third kappa shape index (κ3) is 2.84. The summed E-state index contributed by atoms with van der Waals surface area (Å²) in [5.41, 5.74) is 0. The number of thiophene rings is 1. The van der Waals surface area contributed by atoms with Gasteiger partial charge in [-0.2, -0.15) is 9.29 Å². The van der Waals surface area contributed by atoms with Crippen LogP contribution in [0, 0.1) is 0 Å². The van der Waals surface area contributed by atoms with Gasteiger partial charge in [-0.25, -0.2) is 8.42 Å². The van der Waals surface area contributed by atoms with Gasteiger partial charge in [-0.05, 0) is 23.6 Å². The van der Waals surface area contributed by atoms with Crippen molar-refractivity contribution in [3.05, 3.63) is 47.7 Å². The van der Waals surface area contributed by atoms with E-state index in [1.165, 1.54) is 22.8 Å². The van der Waals surface area contributed by atoms with Crippen LogP contribution in [-0.4, -0.2) is 43.1 Å². The number of para-hydroxylation sites is 1. The smallest absolute Gasteiger partial charge is 0.246 e. The van der Waals surface area contributed by atoms with Gasteiger partial charge < -0.3 is 9.26 Å². The molecule has 4 rings (SSSR count). The number of ether oxygens (including phenoxy) is 1. The van der Waals surface area contributed by atoms with Crippen LogP contribution in [0.15, 0.2) is 51.2 Å². The zero-order chi connectivity index (χ0) is 17.4. The highest BCUT2D eigenvalue weighted by Crippen LogP contribution is 2.35. The molecule has 1 fully saturated rings. The Labute approximate surface area is 148 Å². The van der Waals surface area contributed by atoms with Crippen molar-refractivity contribution < 1.29 is 17.7 Å². The minimum Gasteiger partial charge on any atom is -0.495 e. The van der Waals surface area contributed by atoms with E-state index in [0.29, 0.717) is 30.6 Å². The molecule has 1 aliphatic heterocycles. The Hall–Kier alpha value is -2.23. The number of methoxy groups -OCH3 is 1. The lowest BCUT2D eigenvalue weighted by atomic mass is 10.0. The molecule has 0 N–H and O–H groups in total. The Kier molecular flexibility index (Phi) is 4.06. The molecule has 0 radical (unpaired) electrons. The average Bonchev–Trinajstić information content (AvgIpc) is 3.24. The Bertz CT molecular complexity index is 976. The van der Waals surface area contributed by atoms with E-state index in [0.717, 1.165) is 4.88 Å². The maximum atomic E-state index is 12.7. The average molecular weight is 377 g/mol. The number of sulfonamides is 1. The van der Waals surface area contributed by atoms with Crippen molar-refractivity contribution in [1.29, 1.82) is 0 Å². The number of aromatic nitrogens is 2. The number of nitrogens with zero attached hydrogens (tertiary/aromatic N) is 3. The maximum absolute atomic E-state index is 12.7. The molecule has 9 heteroatoms. The van der Waals surface area contributed by atoms with Crippen LogP contribution < -0.4 is 4.74 Å². The molecule has 0 saturated carbocycles. The molecular weight excluding hydrogens is 362 g/mol. The van der Waals surface area contributed by atoms with E-state index in [4.69, 9.17) is 9.26 Å². The summed E-state index contributed by atoms with van der Waals surface area (Å²) >= 11 is 1.53. The third-order valence-corrected chi connectivity index (χ3v) is 6.80. The topological polar surface area (TPSA) is 85.5 Å². The first-order valence-electron chi connectivity index (χ1n) is 7.60. The van der Waals surface area contributed by atoms with E-state index in [1.54, 1.807) is 24.3 Å². The first-order chi connectivity index (χ1) is 12.1. The van der Waals surface area contributed by atoms with Crippen LogP contribution in [0.5, 0.6) is 5.75 Å². The molecule has 1 aromatic carbocycles. The molecule has 3 heterocycles. The molecule has 0 amide bonds. The normalized spacial score (nSPS) is 15.9. The van der Waals surface area contributed by atoms with Gasteiger partial charge in [0.15, 0.2) is 0 Å². The monoisotopic (exact) mass is 377 g/mol. The van der Waals surface area contributed by atoms with Gasteiger partial charge in [-0.15, -0.1) is 11.3 Å². The Morgan fingerprint density at radius 2 is 2.04 bits per heavy atom. The quantitative estimate of drug-likeness (QED) is 0.679. The van der Waals surface area contributed by atoms with Crippen molar-refractivity contribution in [3.63, 3.8) is 0 Å². The highest BCUT2D eigenvalue weighted by Gasteiger charge is 2.41. The SMILES string of the molecule is COc1ccccc1S(=O)(=O)N1CC(c2nc(-c3cccs3)no2)C1. The molecule has 1 saturated heterocycles. The first kappa shape index (κ1) is 16.2. The van der Waals surface area contributed by atoms with E-state index in [1.807, 2.05) is 17.5 Å². The van der Waals surface area contributed by atoms with Crippen LogP contribution in [0.1, 0.15) is 11.8 Å². The fourth-order valence-electron chi connectivity index (χ4n) is 2.67. The van der Waals surface area contributed by atoms with Crippen molar-refractivity contribution in [2.24, 2.45) is 0 Å². The molecule has 7 nitrogen and oxygen atoms in total. The number of rotatable bonds is 5.